The zero-order valence-corrected chi connectivity index (χ0v) is 9.25. The molecule has 1 heterocycles. The maximum atomic E-state index is 11.2. The third kappa shape index (κ3) is 2.45. The summed E-state index contributed by atoms with van der Waals surface area (Å²) >= 11 is 0. The largest absolute Gasteiger partial charge is 0.469 e. The Hall–Kier alpha value is -0.610. The summed E-state index contributed by atoms with van der Waals surface area (Å²) in [7, 11) is 2.93. The van der Waals surface area contributed by atoms with Gasteiger partial charge in [0.1, 0.15) is 0 Å². The minimum absolute atomic E-state index is 0.156. The number of carbonyl (C=O) groups excluding carboxylic acids is 1. The third-order valence-electron chi connectivity index (χ3n) is 2.58. The highest BCUT2D eigenvalue weighted by molar-refractivity contribution is 5.70. The van der Waals surface area contributed by atoms with Gasteiger partial charge in [0.15, 0.2) is 5.79 Å². The van der Waals surface area contributed by atoms with Crippen molar-refractivity contribution >= 4 is 5.97 Å². The smallest absolute Gasteiger partial charge is 0.310 e. The summed E-state index contributed by atoms with van der Waals surface area (Å²) in [6, 6.07) is 0. The van der Waals surface area contributed by atoms with E-state index in [0.29, 0.717) is 0 Å². The summed E-state index contributed by atoms with van der Waals surface area (Å²) < 4.78 is 15.6. The fourth-order valence-electron chi connectivity index (χ4n) is 1.73. The van der Waals surface area contributed by atoms with E-state index in [2.05, 4.69) is 4.74 Å². The van der Waals surface area contributed by atoms with Crippen LogP contribution in [0.2, 0.25) is 0 Å². The lowest BCUT2D eigenvalue weighted by atomic mass is 10.0. The van der Waals surface area contributed by atoms with Crippen LogP contribution in [0.1, 0.15) is 33.1 Å². The van der Waals surface area contributed by atoms with Gasteiger partial charge in [-0.3, -0.25) is 4.79 Å². The van der Waals surface area contributed by atoms with Crippen LogP contribution >= 0.6 is 0 Å². The van der Waals surface area contributed by atoms with E-state index >= 15 is 0 Å². The van der Waals surface area contributed by atoms with Crippen LogP contribution in [0.3, 0.4) is 0 Å². The Morgan fingerprint density at radius 2 is 2.00 bits per heavy atom. The Labute approximate surface area is 84.5 Å². The van der Waals surface area contributed by atoms with Crippen LogP contribution in [0.25, 0.3) is 0 Å². The molecule has 0 aromatic carbocycles. The number of methoxy groups -OCH3 is 2. The van der Waals surface area contributed by atoms with Crippen molar-refractivity contribution in [3.8, 4) is 0 Å². The second kappa shape index (κ2) is 3.87. The van der Waals surface area contributed by atoms with Crippen molar-refractivity contribution in [2.75, 3.05) is 14.2 Å². The van der Waals surface area contributed by atoms with Crippen molar-refractivity contribution < 1.29 is 19.0 Å². The van der Waals surface area contributed by atoms with Crippen molar-refractivity contribution in [1.82, 2.24) is 0 Å². The van der Waals surface area contributed by atoms with Crippen LogP contribution in [0.15, 0.2) is 0 Å². The van der Waals surface area contributed by atoms with Gasteiger partial charge in [0.05, 0.1) is 19.1 Å². The first kappa shape index (κ1) is 11.5. The molecule has 0 amide bonds. The molecule has 1 fully saturated rings. The van der Waals surface area contributed by atoms with E-state index in [9.17, 15) is 4.79 Å². The average Bonchev–Trinajstić information content (AvgIpc) is 2.42. The molecule has 1 saturated heterocycles. The Kier molecular flexibility index (Phi) is 3.17. The van der Waals surface area contributed by atoms with E-state index in [1.165, 1.54) is 7.11 Å². The molecular weight excluding hydrogens is 184 g/mol. The highest BCUT2D eigenvalue weighted by atomic mass is 16.7. The van der Waals surface area contributed by atoms with E-state index in [1.54, 1.807) is 7.11 Å². The van der Waals surface area contributed by atoms with Gasteiger partial charge in [-0.1, -0.05) is 0 Å². The van der Waals surface area contributed by atoms with E-state index in [1.807, 2.05) is 13.8 Å². The summed E-state index contributed by atoms with van der Waals surface area (Å²) in [5.41, 5.74) is -0.218. The molecule has 14 heavy (non-hydrogen) atoms. The molecule has 1 aliphatic heterocycles. The predicted octanol–water partition coefficient (Wildman–Crippen LogP) is 1.48. The van der Waals surface area contributed by atoms with Crippen LogP contribution in [0, 0.1) is 0 Å². The molecule has 0 aromatic rings. The van der Waals surface area contributed by atoms with Crippen molar-refractivity contribution in [2.24, 2.45) is 0 Å². The van der Waals surface area contributed by atoms with Crippen LogP contribution in [0.5, 0.6) is 0 Å². The molecule has 0 aromatic heterocycles. The maximum Gasteiger partial charge on any atom is 0.310 e. The molecule has 4 heteroatoms. The van der Waals surface area contributed by atoms with Gasteiger partial charge in [0.2, 0.25) is 0 Å². The summed E-state index contributed by atoms with van der Waals surface area (Å²) in [5, 5.41) is 0. The zero-order valence-electron chi connectivity index (χ0n) is 9.25. The lowest BCUT2D eigenvalue weighted by Crippen LogP contribution is -2.36. The van der Waals surface area contributed by atoms with Gasteiger partial charge >= 0.3 is 5.97 Å². The van der Waals surface area contributed by atoms with Crippen LogP contribution in [-0.2, 0) is 19.0 Å². The van der Waals surface area contributed by atoms with Crippen LogP contribution in [0.4, 0.5) is 0 Å². The zero-order chi connectivity index (χ0) is 10.8. The SMILES string of the molecule is COC(=O)CC1(OC)CCC(C)(C)O1. The molecule has 1 unspecified atom stereocenters. The molecule has 1 aliphatic rings. The normalized spacial score (nSPS) is 30.3. The minimum atomic E-state index is -0.781. The first-order valence-electron chi connectivity index (χ1n) is 4.75. The predicted molar refractivity (Wildman–Crippen MR) is 50.8 cm³/mol. The van der Waals surface area contributed by atoms with E-state index in [-0.39, 0.29) is 18.0 Å². The standard InChI is InChI=1S/C10H18O4/c1-9(2)5-6-10(13-4,14-9)7-8(11)12-3/h5-7H2,1-4H3. The third-order valence-corrected chi connectivity index (χ3v) is 2.58. The van der Waals surface area contributed by atoms with Crippen molar-refractivity contribution in [3.05, 3.63) is 0 Å². The highest BCUT2D eigenvalue weighted by Gasteiger charge is 2.46. The first-order valence-corrected chi connectivity index (χ1v) is 4.75. The number of hydrogen-bond donors (Lipinski definition) is 0. The van der Waals surface area contributed by atoms with Gasteiger partial charge in [-0.15, -0.1) is 0 Å². The van der Waals surface area contributed by atoms with E-state index in [4.69, 9.17) is 9.47 Å². The first-order chi connectivity index (χ1) is 6.43. The summed E-state index contributed by atoms with van der Waals surface area (Å²) in [6.07, 6.45) is 1.77. The lowest BCUT2D eigenvalue weighted by molar-refractivity contribution is -0.236. The Morgan fingerprint density at radius 1 is 1.36 bits per heavy atom. The summed E-state index contributed by atoms with van der Waals surface area (Å²) in [4.78, 5) is 11.2. The topological polar surface area (TPSA) is 44.8 Å². The number of carbonyl (C=O) groups is 1. The van der Waals surface area contributed by atoms with Crippen molar-refractivity contribution in [2.45, 2.75) is 44.5 Å². The molecule has 0 spiro atoms. The summed E-state index contributed by atoms with van der Waals surface area (Å²) in [6.45, 7) is 3.98. The maximum absolute atomic E-state index is 11.2. The fraction of sp³-hybridized carbons (Fsp3) is 0.900. The molecule has 0 aliphatic carbocycles. The van der Waals surface area contributed by atoms with Gasteiger partial charge in [0.25, 0.3) is 0 Å². The van der Waals surface area contributed by atoms with Crippen molar-refractivity contribution in [1.29, 1.82) is 0 Å². The quantitative estimate of drug-likeness (QED) is 0.650. The van der Waals surface area contributed by atoms with Gasteiger partial charge in [-0.05, 0) is 20.3 Å². The Morgan fingerprint density at radius 3 is 2.36 bits per heavy atom. The van der Waals surface area contributed by atoms with Gasteiger partial charge < -0.3 is 14.2 Å². The van der Waals surface area contributed by atoms with Gasteiger partial charge in [-0.2, -0.15) is 0 Å². The minimum Gasteiger partial charge on any atom is -0.469 e. The Balaban J connectivity index is 2.65. The van der Waals surface area contributed by atoms with Crippen LogP contribution < -0.4 is 0 Å². The van der Waals surface area contributed by atoms with Gasteiger partial charge in [-0.25, -0.2) is 0 Å². The molecule has 0 bridgehead atoms. The lowest BCUT2D eigenvalue weighted by Gasteiger charge is -2.29. The second-order valence-electron chi connectivity index (χ2n) is 4.23. The molecule has 0 radical (unpaired) electrons. The highest BCUT2D eigenvalue weighted by Crippen LogP contribution is 2.40. The molecule has 1 rings (SSSR count). The van der Waals surface area contributed by atoms with E-state index < -0.39 is 5.79 Å². The fourth-order valence-corrected chi connectivity index (χ4v) is 1.73. The number of esters is 1. The number of hydrogen-bond acceptors (Lipinski definition) is 4. The average molecular weight is 202 g/mol. The molecule has 0 N–H and O–H groups in total. The van der Waals surface area contributed by atoms with Gasteiger partial charge in [0, 0.05) is 13.5 Å². The molecular formula is C10H18O4. The molecule has 82 valence electrons. The van der Waals surface area contributed by atoms with Crippen LogP contribution in [-0.4, -0.2) is 31.6 Å². The molecule has 1 atom stereocenters. The Bertz CT molecular complexity index is 224. The van der Waals surface area contributed by atoms with E-state index in [0.717, 1.165) is 12.8 Å². The summed E-state index contributed by atoms with van der Waals surface area (Å²) in [5.74, 6) is -1.08. The number of ether oxygens (including phenoxy) is 3. The van der Waals surface area contributed by atoms with Crippen molar-refractivity contribution in [3.63, 3.8) is 0 Å². The molecule has 4 nitrogen and oxygen atoms in total. The molecule has 0 saturated carbocycles. The monoisotopic (exact) mass is 202 g/mol. The number of rotatable bonds is 3. The second-order valence-corrected chi connectivity index (χ2v) is 4.23.